The van der Waals surface area contributed by atoms with Crippen LogP contribution in [-0.2, 0) is 11.3 Å². The van der Waals surface area contributed by atoms with E-state index in [-0.39, 0.29) is 17.9 Å². The first kappa shape index (κ1) is 14.5. The number of amides is 2. The Hall–Kier alpha value is -1.88. The molecule has 1 heterocycles. The minimum atomic E-state index is -0.00727. The Bertz CT molecular complexity index is 476. The number of nitrogens with two attached hydrogens (primary N) is 1. The highest BCUT2D eigenvalue weighted by Gasteiger charge is 2.23. The van der Waals surface area contributed by atoms with Gasteiger partial charge in [0.1, 0.15) is 0 Å². The van der Waals surface area contributed by atoms with E-state index in [2.05, 4.69) is 5.32 Å². The molecule has 2 amide bonds. The van der Waals surface area contributed by atoms with Crippen LogP contribution in [0.25, 0.3) is 0 Å². The molecule has 0 radical (unpaired) electrons. The summed E-state index contributed by atoms with van der Waals surface area (Å²) in [5.41, 5.74) is 7.26. The fourth-order valence-corrected chi connectivity index (χ4v) is 2.48. The van der Waals surface area contributed by atoms with Crippen LogP contribution in [0.15, 0.2) is 24.3 Å². The third-order valence-corrected chi connectivity index (χ3v) is 3.63. The largest absolute Gasteiger partial charge is 0.353 e. The lowest BCUT2D eigenvalue weighted by molar-refractivity contribution is -0.119. The topological polar surface area (TPSA) is 75.4 Å². The van der Waals surface area contributed by atoms with E-state index in [1.54, 1.807) is 0 Å². The van der Waals surface area contributed by atoms with E-state index in [4.69, 9.17) is 5.73 Å². The molecule has 0 saturated carbocycles. The van der Waals surface area contributed by atoms with Crippen LogP contribution in [0.4, 0.5) is 0 Å². The molecule has 1 aliphatic rings. The van der Waals surface area contributed by atoms with E-state index >= 15 is 0 Å². The van der Waals surface area contributed by atoms with E-state index < -0.39 is 0 Å². The molecule has 0 atom stereocenters. The average Bonchev–Trinajstić information content (AvgIpc) is 2.47. The predicted octanol–water partition coefficient (Wildman–Crippen LogP) is 0.886. The number of carbonyl (C=O) groups is 2. The summed E-state index contributed by atoms with van der Waals surface area (Å²) in [5, 5.41) is 2.91. The Balaban J connectivity index is 1.92. The van der Waals surface area contributed by atoms with Crippen molar-refractivity contribution in [1.82, 2.24) is 10.2 Å². The van der Waals surface area contributed by atoms with Crippen LogP contribution < -0.4 is 11.1 Å². The van der Waals surface area contributed by atoms with Gasteiger partial charge in [0.05, 0.1) is 0 Å². The van der Waals surface area contributed by atoms with Crippen molar-refractivity contribution < 1.29 is 9.59 Å². The second kappa shape index (κ2) is 6.52. The maximum atomic E-state index is 12.3. The Labute approximate surface area is 119 Å². The van der Waals surface area contributed by atoms with Crippen molar-refractivity contribution in [3.05, 3.63) is 35.4 Å². The van der Waals surface area contributed by atoms with E-state index in [0.717, 1.165) is 18.4 Å². The van der Waals surface area contributed by atoms with Gasteiger partial charge in [-0.15, -0.1) is 0 Å². The summed E-state index contributed by atoms with van der Waals surface area (Å²) in [6, 6.07) is 7.61. The highest BCUT2D eigenvalue weighted by molar-refractivity contribution is 5.94. The van der Waals surface area contributed by atoms with Gasteiger partial charge in [-0.3, -0.25) is 9.59 Å². The normalized spacial score (nSPS) is 16.0. The molecule has 0 unspecified atom stereocenters. The molecule has 1 aliphatic heterocycles. The zero-order valence-electron chi connectivity index (χ0n) is 11.8. The molecule has 1 saturated heterocycles. The van der Waals surface area contributed by atoms with Gasteiger partial charge in [-0.2, -0.15) is 0 Å². The molecule has 1 aromatic carbocycles. The van der Waals surface area contributed by atoms with Gasteiger partial charge in [0.2, 0.25) is 5.91 Å². The fourth-order valence-electron chi connectivity index (χ4n) is 2.48. The van der Waals surface area contributed by atoms with Gasteiger partial charge < -0.3 is 16.0 Å². The van der Waals surface area contributed by atoms with Gasteiger partial charge in [0.25, 0.3) is 5.91 Å². The van der Waals surface area contributed by atoms with Crippen molar-refractivity contribution in [3.8, 4) is 0 Å². The minimum Gasteiger partial charge on any atom is -0.353 e. The average molecular weight is 275 g/mol. The standard InChI is InChI=1S/C15H21N3O2/c1-11(19)17-14-6-8-18(9-7-14)15(20)13-4-2-12(10-16)3-5-13/h2-5,14H,6-10,16H2,1H3,(H,17,19). The number of hydrogen-bond acceptors (Lipinski definition) is 3. The monoisotopic (exact) mass is 275 g/mol. The number of likely N-dealkylation sites (tertiary alicyclic amines) is 1. The summed E-state index contributed by atoms with van der Waals surface area (Å²) in [7, 11) is 0. The van der Waals surface area contributed by atoms with Crippen LogP contribution in [-0.4, -0.2) is 35.8 Å². The Morgan fingerprint density at radius 2 is 1.85 bits per heavy atom. The smallest absolute Gasteiger partial charge is 0.253 e. The highest BCUT2D eigenvalue weighted by Crippen LogP contribution is 2.14. The van der Waals surface area contributed by atoms with Crippen molar-refractivity contribution in [2.24, 2.45) is 5.73 Å². The second-order valence-electron chi connectivity index (χ2n) is 5.17. The molecule has 5 nitrogen and oxygen atoms in total. The van der Waals surface area contributed by atoms with Crippen molar-refractivity contribution in [2.75, 3.05) is 13.1 Å². The van der Waals surface area contributed by atoms with Gasteiger partial charge in [-0.05, 0) is 30.5 Å². The minimum absolute atomic E-state index is 0.00727. The van der Waals surface area contributed by atoms with E-state index in [0.29, 0.717) is 25.2 Å². The van der Waals surface area contributed by atoms with Crippen LogP contribution in [0.5, 0.6) is 0 Å². The molecule has 5 heteroatoms. The number of benzene rings is 1. The van der Waals surface area contributed by atoms with Crippen LogP contribution >= 0.6 is 0 Å². The lowest BCUT2D eigenvalue weighted by Gasteiger charge is -2.32. The molecular formula is C15H21N3O2. The number of piperidine rings is 1. The summed E-state index contributed by atoms with van der Waals surface area (Å²) in [6.45, 7) is 3.37. The molecule has 108 valence electrons. The SMILES string of the molecule is CC(=O)NC1CCN(C(=O)c2ccc(CN)cc2)CC1. The Kier molecular flexibility index (Phi) is 4.74. The molecule has 0 aliphatic carbocycles. The van der Waals surface area contributed by atoms with Gasteiger partial charge in [0.15, 0.2) is 0 Å². The van der Waals surface area contributed by atoms with Crippen molar-refractivity contribution in [3.63, 3.8) is 0 Å². The summed E-state index contributed by atoms with van der Waals surface area (Å²) >= 11 is 0. The summed E-state index contributed by atoms with van der Waals surface area (Å²) in [6.07, 6.45) is 1.62. The highest BCUT2D eigenvalue weighted by atomic mass is 16.2. The van der Waals surface area contributed by atoms with E-state index in [1.807, 2.05) is 29.2 Å². The zero-order valence-corrected chi connectivity index (χ0v) is 11.8. The number of hydrogen-bond donors (Lipinski definition) is 2. The zero-order chi connectivity index (χ0) is 14.5. The number of nitrogens with one attached hydrogen (secondary N) is 1. The van der Waals surface area contributed by atoms with Gasteiger partial charge >= 0.3 is 0 Å². The van der Waals surface area contributed by atoms with Crippen LogP contribution in [0.1, 0.15) is 35.7 Å². The van der Waals surface area contributed by atoms with Crippen LogP contribution in [0.3, 0.4) is 0 Å². The van der Waals surface area contributed by atoms with E-state index in [9.17, 15) is 9.59 Å². The molecule has 20 heavy (non-hydrogen) atoms. The van der Waals surface area contributed by atoms with Crippen molar-refractivity contribution >= 4 is 11.8 Å². The van der Waals surface area contributed by atoms with Crippen LogP contribution in [0.2, 0.25) is 0 Å². The van der Waals surface area contributed by atoms with Crippen LogP contribution in [0, 0.1) is 0 Å². The summed E-state index contributed by atoms with van der Waals surface area (Å²) in [5.74, 6) is 0.0435. The number of rotatable bonds is 3. The molecule has 1 aromatic rings. The quantitative estimate of drug-likeness (QED) is 0.860. The van der Waals surface area contributed by atoms with Crippen molar-refractivity contribution in [2.45, 2.75) is 32.4 Å². The van der Waals surface area contributed by atoms with Gasteiger partial charge in [-0.25, -0.2) is 0 Å². The molecule has 0 aromatic heterocycles. The first-order valence-electron chi connectivity index (χ1n) is 6.95. The molecule has 0 spiro atoms. The molecule has 3 N–H and O–H groups in total. The molecule has 1 fully saturated rings. The lowest BCUT2D eigenvalue weighted by Crippen LogP contribution is -2.46. The van der Waals surface area contributed by atoms with E-state index in [1.165, 1.54) is 6.92 Å². The number of nitrogens with zero attached hydrogens (tertiary/aromatic N) is 1. The molecule has 0 bridgehead atoms. The Morgan fingerprint density at radius 3 is 2.35 bits per heavy atom. The maximum absolute atomic E-state index is 12.3. The predicted molar refractivity (Wildman–Crippen MR) is 77.1 cm³/mol. The first-order valence-corrected chi connectivity index (χ1v) is 6.95. The summed E-state index contributed by atoms with van der Waals surface area (Å²) in [4.78, 5) is 25.2. The number of carbonyl (C=O) groups excluding carboxylic acids is 2. The Morgan fingerprint density at radius 1 is 1.25 bits per heavy atom. The first-order chi connectivity index (χ1) is 9.60. The van der Waals surface area contributed by atoms with Gasteiger partial charge in [-0.1, -0.05) is 12.1 Å². The lowest BCUT2D eigenvalue weighted by atomic mass is 10.0. The second-order valence-corrected chi connectivity index (χ2v) is 5.17. The third kappa shape index (κ3) is 3.57. The molecular weight excluding hydrogens is 254 g/mol. The maximum Gasteiger partial charge on any atom is 0.253 e. The van der Waals surface area contributed by atoms with Gasteiger partial charge in [0, 0.05) is 38.2 Å². The fraction of sp³-hybridized carbons (Fsp3) is 0.467. The summed E-state index contributed by atoms with van der Waals surface area (Å²) < 4.78 is 0. The molecule has 2 rings (SSSR count). The third-order valence-electron chi connectivity index (χ3n) is 3.63. The van der Waals surface area contributed by atoms with Crippen molar-refractivity contribution in [1.29, 1.82) is 0 Å².